The first kappa shape index (κ1) is 21.5. The maximum atomic E-state index is 13.0. The molecular weight excluding hydrogens is 461 g/mol. The summed E-state index contributed by atoms with van der Waals surface area (Å²) in [7, 11) is -3.34. The average molecular weight is 478 g/mol. The summed E-state index contributed by atoms with van der Waals surface area (Å²) in [6.07, 6.45) is 0. The number of nitrogens with zero attached hydrogens (tertiary/aromatic N) is 2. The van der Waals surface area contributed by atoms with E-state index in [1.165, 1.54) is 35.6 Å². The standard InChI is InChI=1S/C20H16FN3O4S3/c1-2-31(26,27)14-7-8-17-15(9-14)23-20(28-17)30-11-18(25)24-19-22-16(10-29-19)12-3-5-13(21)6-4-12/h3-10H,2,11H2,1H3,(H,22,24,25). The summed E-state index contributed by atoms with van der Waals surface area (Å²) in [6, 6.07) is 10.5. The fourth-order valence-electron chi connectivity index (χ4n) is 2.67. The Kier molecular flexibility index (Phi) is 6.08. The summed E-state index contributed by atoms with van der Waals surface area (Å²) in [5, 5.41) is 5.18. The van der Waals surface area contributed by atoms with E-state index in [4.69, 9.17) is 4.42 Å². The molecule has 0 spiro atoms. The Morgan fingerprint density at radius 1 is 1.19 bits per heavy atom. The third-order valence-electron chi connectivity index (χ3n) is 4.30. The SMILES string of the molecule is CCS(=O)(=O)c1ccc2oc(SCC(=O)Nc3nc(-c4ccc(F)cc4)cs3)nc2c1. The topological polar surface area (TPSA) is 102 Å². The number of oxazole rings is 1. The van der Waals surface area contributed by atoms with Crippen LogP contribution in [0.2, 0.25) is 0 Å². The van der Waals surface area contributed by atoms with Crippen molar-refractivity contribution in [1.29, 1.82) is 0 Å². The lowest BCUT2D eigenvalue weighted by Crippen LogP contribution is -2.13. The number of halogens is 1. The van der Waals surface area contributed by atoms with Crippen molar-refractivity contribution in [3.8, 4) is 11.3 Å². The van der Waals surface area contributed by atoms with Crippen LogP contribution in [0, 0.1) is 5.82 Å². The number of fused-ring (bicyclic) bond motifs is 1. The number of thioether (sulfide) groups is 1. The molecule has 0 saturated carbocycles. The van der Waals surface area contributed by atoms with Gasteiger partial charge in [0.2, 0.25) is 5.91 Å². The molecule has 2 heterocycles. The van der Waals surface area contributed by atoms with Crippen LogP contribution in [0.25, 0.3) is 22.4 Å². The second kappa shape index (κ2) is 8.77. The number of rotatable bonds is 7. The van der Waals surface area contributed by atoms with E-state index in [1.807, 2.05) is 0 Å². The molecule has 31 heavy (non-hydrogen) atoms. The Labute approximate surface area is 185 Å². The van der Waals surface area contributed by atoms with Crippen LogP contribution in [-0.4, -0.2) is 35.8 Å². The maximum Gasteiger partial charge on any atom is 0.257 e. The molecule has 0 aliphatic carbocycles. The Morgan fingerprint density at radius 3 is 2.71 bits per heavy atom. The molecule has 4 aromatic rings. The van der Waals surface area contributed by atoms with Gasteiger partial charge in [0.25, 0.3) is 5.22 Å². The first-order valence-electron chi connectivity index (χ1n) is 9.11. The minimum atomic E-state index is -3.34. The number of carbonyl (C=O) groups excluding carboxylic acids is 1. The van der Waals surface area contributed by atoms with Crippen molar-refractivity contribution in [2.45, 2.75) is 17.0 Å². The molecule has 1 amide bonds. The van der Waals surface area contributed by atoms with Gasteiger partial charge in [0.1, 0.15) is 11.3 Å². The van der Waals surface area contributed by atoms with Crippen LogP contribution in [0.4, 0.5) is 9.52 Å². The van der Waals surface area contributed by atoms with E-state index >= 15 is 0 Å². The van der Waals surface area contributed by atoms with Gasteiger partial charge in [0.05, 0.1) is 22.1 Å². The van der Waals surface area contributed by atoms with Crippen molar-refractivity contribution in [2.75, 3.05) is 16.8 Å². The van der Waals surface area contributed by atoms with Crippen LogP contribution in [0.5, 0.6) is 0 Å². The molecule has 1 N–H and O–H groups in total. The Morgan fingerprint density at radius 2 is 1.97 bits per heavy atom. The molecule has 0 fully saturated rings. The van der Waals surface area contributed by atoms with Crippen LogP contribution < -0.4 is 5.32 Å². The summed E-state index contributed by atoms with van der Waals surface area (Å²) in [5.74, 6) is -0.579. The highest BCUT2D eigenvalue weighted by Gasteiger charge is 2.16. The van der Waals surface area contributed by atoms with Gasteiger partial charge in [-0.15, -0.1) is 11.3 Å². The number of sulfone groups is 1. The third kappa shape index (κ3) is 4.94. The van der Waals surface area contributed by atoms with Gasteiger partial charge in [-0.2, -0.15) is 0 Å². The van der Waals surface area contributed by atoms with Crippen molar-refractivity contribution in [1.82, 2.24) is 9.97 Å². The zero-order chi connectivity index (χ0) is 22.0. The molecule has 0 bridgehead atoms. The summed E-state index contributed by atoms with van der Waals surface area (Å²) in [4.78, 5) is 21.0. The second-order valence-corrected chi connectivity index (χ2v) is 10.5. The molecule has 11 heteroatoms. The second-order valence-electron chi connectivity index (χ2n) is 6.39. The molecular formula is C20H16FN3O4S3. The number of benzene rings is 2. The first-order valence-corrected chi connectivity index (χ1v) is 12.6. The molecule has 0 saturated heterocycles. The number of amides is 1. The van der Waals surface area contributed by atoms with E-state index in [2.05, 4.69) is 15.3 Å². The number of anilines is 1. The molecule has 2 aromatic heterocycles. The average Bonchev–Trinajstić information content (AvgIpc) is 3.39. The lowest BCUT2D eigenvalue weighted by atomic mass is 10.2. The minimum Gasteiger partial charge on any atom is -0.431 e. The van der Waals surface area contributed by atoms with E-state index in [1.54, 1.807) is 30.5 Å². The van der Waals surface area contributed by atoms with E-state index in [0.29, 0.717) is 21.9 Å². The Bertz CT molecular complexity index is 1350. The van der Waals surface area contributed by atoms with E-state index in [9.17, 15) is 17.6 Å². The Balaban J connectivity index is 1.39. The minimum absolute atomic E-state index is 0.00222. The highest BCUT2D eigenvalue weighted by molar-refractivity contribution is 7.99. The fourth-order valence-corrected chi connectivity index (χ4v) is 4.95. The largest absolute Gasteiger partial charge is 0.431 e. The monoisotopic (exact) mass is 477 g/mol. The smallest absolute Gasteiger partial charge is 0.257 e. The molecule has 0 unspecified atom stereocenters. The van der Waals surface area contributed by atoms with Gasteiger partial charge in [-0.05, 0) is 42.5 Å². The molecule has 0 aliphatic rings. The zero-order valence-electron chi connectivity index (χ0n) is 16.2. The van der Waals surface area contributed by atoms with Crippen molar-refractivity contribution in [2.24, 2.45) is 0 Å². The van der Waals surface area contributed by atoms with Crippen molar-refractivity contribution in [3.05, 3.63) is 53.7 Å². The van der Waals surface area contributed by atoms with Crippen LogP contribution in [-0.2, 0) is 14.6 Å². The van der Waals surface area contributed by atoms with Crippen molar-refractivity contribution in [3.63, 3.8) is 0 Å². The molecule has 2 aromatic carbocycles. The first-order chi connectivity index (χ1) is 14.8. The number of aromatic nitrogens is 2. The Hall–Kier alpha value is -2.76. The van der Waals surface area contributed by atoms with Crippen LogP contribution in [0.3, 0.4) is 0 Å². The van der Waals surface area contributed by atoms with Gasteiger partial charge in [-0.25, -0.2) is 22.8 Å². The molecule has 0 aliphatic heterocycles. The number of carbonyl (C=O) groups is 1. The predicted octanol–water partition coefficient (Wildman–Crippen LogP) is 4.61. The molecule has 4 rings (SSSR count). The highest BCUT2D eigenvalue weighted by atomic mass is 32.2. The lowest BCUT2D eigenvalue weighted by molar-refractivity contribution is -0.113. The maximum absolute atomic E-state index is 13.0. The van der Waals surface area contributed by atoms with Gasteiger partial charge in [0, 0.05) is 10.9 Å². The normalized spacial score (nSPS) is 11.7. The predicted molar refractivity (Wildman–Crippen MR) is 119 cm³/mol. The highest BCUT2D eigenvalue weighted by Crippen LogP contribution is 2.27. The van der Waals surface area contributed by atoms with Gasteiger partial charge in [0.15, 0.2) is 20.6 Å². The summed E-state index contributed by atoms with van der Waals surface area (Å²) < 4.78 is 42.6. The third-order valence-corrected chi connectivity index (χ3v) is 7.61. The number of thiazole rings is 1. The summed E-state index contributed by atoms with van der Waals surface area (Å²) in [5.41, 5.74) is 2.26. The molecule has 0 radical (unpaired) electrons. The molecule has 160 valence electrons. The molecule has 7 nitrogen and oxygen atoms in total. The van der Waals surface area contributed by atoms with E-state index < -0.39 is 9.84 Å². The van der Waals surface area contributed by atoms with Gasteiger partial charge in [-0.3, -0.25) is 4.79 Å². The number of hydrogen-bond donors (Lipinski definition) is 1. The van der Waals surface area contributed by atoms with Gasteiger partial charge in [-0.1, -0.05) is 18.7 Å². The summed E-state index contributed by atoms with van der Waals surface area (Å²) >= 11 is 2.36. The van der Waals surface area contributed by atoms with Crippen LogP contribution in [0.1, 0.15) is 6.92 Å². The van der Waals surface area contributed by atoms with Gasteiger partial charge >= 0.3 is 0 Å². The van der Waals surface area contributed by atoms with Crippen molar-refractivity contribution < 1.29 is 22.0 Å². The lowest BCUT2D eigenvalue weighted by Gasteiger charge is -1.99. The van der Waals surface area contributed by atoms with Gasteiger partial charge < -0.3 is 9.73 Å². The van der Waals surface area contributed by atoms with Crippen LogP contribution >= 0.6 is 23.1 Å². The summed E-state index contributed by atoms with van der Waals surface area (Å²) in [6.45, 7) is 1.58. The van der Waals surface area contributed by atoms with Crippen LogP contribution in [0.15, 0.2) is 62.4 Å². The number of nitrogens with one attached hydrogen (secondary N) is 1. The van der Waals surface area contributed by atoms with Crippen molar-refractivity contribution >= 4 is 55.1 Å². The quantitative estimate of drug-likeness (QED) is 0.388. The number of hydrogen-bond acceptors (Lipinski definition) is 8. The zero-order valence-corrected chi connectivity index (χ0v) is 18.6. The fraction of sp³-hybridized carbons (Fsp3) is 0.150. The van der Waals surface area contributed by atoms with E-state index in [-0.39, 0.29) is 33.3 Å². The molecule has 0 atom stereocenters. The van der Waals surface area contributed by atoms with E-state index in [0.717, 1.165) is 17.3 Å².